The molecular weight excluding hydrogens is 434 g/mol. The van der Waals surface area contributed by atoms with Crippen LogP contribution in [0.1, 0.15) is 11.1 Å². The zero-order valence-electron chi connectivity index (χ0n) is 17.7. The molecule has 3 heterocycles. The Morgan fingerprint density at radius 3 is 2.91 bits per heavy atom. The van der Waals surface area contributed by atoms with Crippen molar-refractivity contribution >= 4 is 29.1 Å². The zero-order chi connectivity index (χ0) is 22.5. The van der Waals surface area contributed by atoms with Gasteiger partial charge in [-0.2, -0.15) is 5.10 Å². The normalized spacial score (nSPS) is 13.6. The van der Waals surface area contributed by atoms with Gasteiger partial charge in [0.25, 0.3) is 5.91 Å². The number of hydrogen-bond acceptors (Lipinski definition) is 6. The maximum Gasteiger partial charge on any atom is 0.262 e. The summed E-state index contributed by atoms with van der Waals surface area (Å²) in [6, 6.07) is 19.8. The first kappa shape index (κ1) is 20.8. The van der Waals surface area contributed by atoms with Crippen molar-refractivity contribution in [2.24, 2.45) is 10.1 Å². The quantitative estimate of drug-likeness (QED) is 0.447. The molecule has 5 rings (SSSR count). The van der Waals surface area contributed by atoms with Crippen LogP contribution in [0.2, 0.25) is 0 Å². The molecule has 0 fully saturated rings. The van der Waals surface area contributed by atoms with Gasteiger partial charge in [0.15, 0.2) is 6.61 Å². The Morgan fingerprint density at radius 1 is 1.15 bits per heavy atom. The Bertz CT molecular complexity index is 1360. The summed E-state index contributed by atoms with van der Waals surface area (Å²) in [6.45, 7) is 0.686. The number of nitrogens with one attached hydrogen (secondary N) is 1. The van der Waals surface area contributed by atoms with Gasteiger partial charge in [-0.25, -0.2) is 4.68 Å². The van der Waals surface area contributed by atoms with E-state index in [1.165, 1.54) is 16.9 Å². The van der Waals surface area contributed by atoms with Crippen LogP contribution in [0.15, 0.2) is 88.5 Å². The molecule has 0 aliphatic carbocycles. The summed E-state index contributed by atoms with van der Waals surface area (Å²) in [5, 5.41) is 9.60. The van der Waals surface area contributed by atoms with Gasteiger partial charge >= 0.3 is 0 Å². The highest BCUT2D eigenvalue weighted by atomic mass is 32.1. The van der Waals surface area contributed by atoms with Gasteiger partial charge in [-0.15, -0.1) is 11.3 Å². The fourth-order valence-electron chi connectivity index (χ4n) is 3.46. The van der Waals surface area contributed by atoms with E-state index in [4.69, 9.17) is 14.8 Å². The molecule has 8 heteroatoms. The van der Waals surface area contributed by atoms with Crippen molar-refractivity contribution in [2.45, 2.75) is 6.42 Å². The Kier molecular flexibility index (Phi) is 6.08. The molecule has 7 nitrogen and oxygen atoms in total. The van der Waals surface area contributed by atoms with E-state index < -0.39 is 0 Å². The van der Waals surface area contributed by atoms with Crippen molar-refractivity contribution in [3.63, 3.8) is 0 Å². The molecule has 0 saturated carbocycles. The van der Waals surface area contributed by atoms with Crippen molar-refractivity contribution in [1.29, 1.82) is 0 Å². The Hall–Kier alpha value is -4.04. The SMILES string of the molecule is O=C1COc2ccc(-c3csc(=NCCc4ccccc4)n3N=Cc3cccnc3)cc2N1. The number of rotatable bonds is 6. The number of carbonyl (C=O) groups is 1. The topological polar surface area (TPSA) is 80.9 Å². The van der Waals surface area contributed by atoms with Gasteiger partial charge in [-0.1, -0.05) is 36.4 Å². The molecule has 164 valence electrons. The van der Waals surface area contributed by atoms with Gasteiger partial charge < -0.3 is 10.1 Å². The summed E-state index contributed by atoms with van der Waals surface area (Å²) in [5.74, 6) is 0.496. The van der Waals surface area contributed by atoms with Crippen LogP contribution >= 0.6 is 11.3 Å². The third-order valence-corrected chi connectivity index (χ3v) is 5.94. The number of fused-ring (bicyclic) bond motifs is 1. The molecule has 0 unspecified atom stereocenters. The smallest absolute Gasteiger partial charge is 0.262 e. The molecule has 0 saturated heterocycles. The maximum atomic E-state index is 11.8. The number of aromatic nitrogens is 2. The molecule has 0 radical (unpaired) electrons. The van der Waals surface area contributed by atoms with Crippen molar-refractivity contribution < 1.29 is 9.53 Å². The number of pyridine rings is 1. The van der Waals surface area contributed by atoms with Crippen LogP contribution in [0, 0.1) is 0 Å². The number of carbonyl (C=O) groups excluding carboxylic acids is 1. The molecule has 1 aliphatic rings. The van der Waals surface area contributed by atoms with Gasteiger partial charge in [-0.3, -0.25) is 14.8 Å². The number of thiazole rings is 1. The zero-order valence-corrected chi connectivity index (χ0v) is 18.5. The lowest BCUT2D eigenvalue weighted by Crippen LogP contribution is -2.25. The molecule has 0 atom stereocenters. The monoisotopic (exact) mass is 455 g/mol. The van der Waals surface area contributed by atoms with Crippen molar-refractivity contribution in [2.75, 3.05) is 18.5 Å². The fraction of sp³-hybridized carbons (Fsp3) is 0.120. The summed E-state index contributed by atoms with van der Waals surface area (Å²) >= 11 is 1.53. The number of benzene rings is 2. The third kappa shape index (κ3) is 4.91. The lowest BCUT2D eigenvalue weighted by atomic mass is 10.1. The predicted molar refractivity (Wildman–Crippen MR) is 130 cm³/mol. The van der Waals surface area contributed by atoms with E-state index in [-0.39, 0.29) is 12.5 Å². The van der Waals surface area contributed by atoms with Crippen molar-refractivity contribution in [3.8, 4) is 17.0 Å². The van der Waals surface area contributed by atoms with Gasteiger partial charge in [0.1, 0.15) is 5.75 Å². The molecule has 0 bridgehead atoms. The summed E-state index contributed by atoms with van der Waals surface area (Å²) in [6.07, 6.45) is 6.10. The minimum atomic E-state index is -0.163. The van der Waals surface area contributed by atoms with Gasteiger partial charge in [-0.05, 0) is 36.2 Å². The summed E-state index contributed by atoms with van der Waals surface area (Å²) in [7, 11) is 0. The van der Waals surface area contributed by atoms with Crippen molar-refractivity contribution in [3.05, 3.63) is 94.4 Å². The van der Waals surface area contributed by atoms with E-state index in [0.29, 0.717) is 18.0 Å². The average Bonchev–Trinajstić information content (AvgIpc) is 3.26. The maximum absolute atomic E-state index is 11.8. The lowest BCUT2D eigenvalue weighted by molar-refractivity contribution is -0.118. The highest BCUT2D eigenvalue weighted by Crippen LogP contribution is 2.32. The summed E-state index contributed by atoms with van der Waals surface area (Å²) in [4.78, 5) is 21.5. The molecular formula is C25H21N5O2S. The number of nitrogens with zero attached hydrogens (tertiary/aromatic N) is 4. The first-order chi connectivity index (χ1) is 16.3. The standard InChI is InChI=1S/C25H21N5O2S/c31-24-16-32-23-9-8-20(13-21(23)29-24)22-17-33-25(27-12-10-18-5-2-1-3-6-18)30(22)28-15-19-7-4-11-26-14-19/h1-9,11,13-15,17H,10,12,16H2,(H,29,31). The van der Waals surface area contributed by atoms with E-state index >= 15 is 0 Å². The van der Waals surface area contributed by atoms with Gasteiger partial charge in [0.05, 0.1) is 17.6 Å². The summed E-state index contributed by atoms with van der Waals surface area (Å²) in [5.41, 5.74) is 4.57. The van der Waals surface area contributed by atoms with Crippen molar-refractivity contribution in [1.82, 2.24) is 9.66 Å². The average molecular weight is 456 g/mol. The fourth-order valence-corrected chi connectivity index (χ4v) is 4.33. The Morgan fingerprint density at radius 2 is 2.06 bits per heavy atom. The first-order valence-electron chi connectivity index (χ1n) is 10.5. The second-order valence-electron chi connectivity index (χ2n) is 7.41. The molecule has 1 aliphatic heterocycles. The van der Waals surface area contributed by atoms with Crippen LogP contribution in [0.5, 0.6) is 5.75 Å². The number of amides is 1. The minimum Gasteiger partial charge on any atom is -0.482 e. The van der Waals surface area contributed by atoms with E-state index in [0.717, 1.165) is 28.0 Å². The highest BCUT2D eigenvalue weighted by Gasteiger charge is 2.17. The van der Waals surface area contributed by atoms with E-state index in [1.54, 1.807) is 18.6 Å². The van der Waals surface area contributed by atoms with E-state index in [9.17, 15) is 4.79 Å². The van der Waals surface area contributed by atoms with Crippen LogP contribution in [0.3, 0.4) is 0 Å². The van der Waals surface area contributed by atoms with Crippen LogP contribution in [-0.2, 0) is 11.2 Å². The third-order valence-electron chi connectivity index (χ3n) is 5.09. The predicted octanol–water partition coefficient (Wildman–Crippen LogP) is 3.97. The Labute approximate surface area is 194 Å². The number of anilines is 1. The van der Waals surface area contributed by atoms with E-state index in [1.807, 2.05) is 58.6 Å². The second-order valence-corrected chi connectivity index (χ2v) is 8.25. The van der Waals surface area contributed by atoms with Crippen LogP contribution < -0.4 is 14.9 Å². The Balaban J connectivity index is 1.51. The number of ether oxygens (including phenoxy) is 1. The van der Waals surface area contributed by atoms with E-state index in [2.05, 4.69) is 22.4 Å². The molecule has 1 N–H and O–H groups in total. The first-order valence-corrected chi connectivity index (χ1v) is 11.4. The molecule has 2 aromatic heterocycles. The molecule has 1 amide bonds. The number of hydrogen-bond donors (Lipinski definition) is 1. The molecule has 0 spiro atoms. The van der Waals surface area contributed by atoms with Crippen LogP contribution in [0.25, 0.3) is 11.3 Å². The minimum absolute atomic E-state index is 0.0324. The van der Waals surface area contributed by atoms with Crippen LogP contribution in [-0.4, -0.2) is 34.9 Å². The van der Waals surface area contributed by atoms with Crippen LogP contribution in [0.4, 0.5) is 5.69 Å². The lowest BCUT2D eigenvalue weighted by Gasteiger charge is -2.18. The highest BCUT2D eigenvalue weighted by molar-refractivity contribution is 7.07. The summed E-state index contributed by atoms with van der Waals surface area (Å²) < 4.78 is 7.32. The second kappa shape index (κ2) is 9.62. The largest absolute Gasteiger partial charge is 0.482 e. The molecule has 2 aromatic carbocycles. The molecule has 33 heavy (non-hydrogen) atoms. The van der Waals surface area contributed by atoms with Gasteiger partial charge in [0, 0.05) is 35.4 Å². The van der Waals surface area contributed by atoms with Gasteiger partial charge in [0.2, 0.25) is 4.80 Å². The molecule has 4 aromatic rings.